The van der Waals surface area contributed by atoms with Gasteiger partial charge >= 0.3 is 5.69 Å². The topological polar surface area (TPSA) is 90.9 Å². The Balaban J connectivity index is 3.00. The third-order valence-electron chi connectivity index (χ3n) is 3.12. The zero-order chi connectivity index (χ0) is 15.0. The number of hydrogen-bond donors (Lipinski definition) is 1. The highest BCUT2D eigenvalue weighted by Gasteiger charge is 2.20. The number of amides is 1. The van der Waals surface area contributed by atoms with Gasteiger partial charge < -0.3 is 5.32 Å². The molecule has 2 heterocycles. The summed E-state index contributed by atoms with van der Waals surface area (Å²) in [5.41, 5.74) is -0.394. The molecular formula is C12H17N5O3. The van der Waals surface area contributed by atoms with E-state index >= 15 is 0 Å². The van der Waals surface area contributed by atoms with Crippen molar-refractivity contribution in [1.29, 1.82) is 0 Å². The molecule has 0 fully saturated rings. The van der Waals surface area contributed by atoms with Gasteiger partial charge in [0.05, 0.1) is 0 Å². The summed E-state index contributed by atoms with van der Waals surface area (Å²) in [7, 11) is 1.63. The van der Waals surface area contributed by atoms with E-state index in [1.807, 2.05) is 6.92 Å². The summed E-state index contributed by atoms with van der Waals surface area (Å²) >= 11 is 0. The van der Waals surface area contributed by atoms with Gasteiger partial charge in [-0.3, -0.25) is 18.7 Å². The Morgan fingerprint density at radius 2 is 1.80 bits per heavy atom. The minimum Gasteiger partial charge on any atom is -0.309 e. The second-order valence-corrected chi connectivity index (χ2v) is 4.43. The van der Waals surface area contributed by atoms with Crippen LogP contribution in [-0.4, -0.2) is 24.8 Å². The van der Waals surface area contributed by atoms with Crippen molar-refractivity contribution in [3.63, 3.8) is 0 Å². The molecule has 0 aliphatic heterocycles. The van der Waals surface area contributed by atoms with Crippen molar-refractivity contribution in [3.05, 3.63) is 20.8 Å². The number of hydrogen-bond acceptors (Lipinski definition) is 4. The SMILES string of the molecule is CCn1c(=O)c2c(NC(C)=O)nn(C)c2n(CC)c1=O. The van der Waals surface area contributed by atoms with Crippen LogP contribution in [0.15, 0.2) is 9.59 Å². The van der Waals surface area contributed by atoms with Crippen molar-refractivity contribution in [3.8, 4) is 0 Å². The molecule has 0 saturated carbocycles. The van der Waals surface area contributed by atoms with Gasteiger partial charge in [0.1, 0.15) is 11.0 Å². The molecule has 0 bridgehead atoms. The molecule has 8 heteroatoms. The van der Waals surface area contributed by atoms with Crippen molar-refractivity contribution >= 4 is 22.8 Å². The van der Waals surface area contributed by atoms with E-state index in [1.165, 1.54) is 16.2 Å². The molecule has 1 amide bonds. The number of anilines is 1. The summed E-state index contributed by atoms with van der Waals surface area (Å²) in [6.45, 7) is 5.56. The standard InChI is InChI=1S/C12H17N5O3/c1-5-16-10-8(11(19)17(6-2)12(16)20)9(13-7(3)18)14-15(10)4/h5-6H2,1-4H3,(H,13,14,18). The van der Waals surface area contributed by atoms with Crippen LogP contribution in [0.2, 0.25) is 0 Å². The summed E-state index contributed by atoms with van der Waals surface area (Å²) in [6, 6.07) is 0. The molecule has 0 aromatic carbocycles. The molecule has 2 rings (SSSR count). The van der Waals surface area contributed by atoms with Crippen LogP contribution in [0.5, 0.6) is 0 Å². The quantitative estimate of drug-likeness (QED) is 0.849. The normalized spacial score (nSPS) is 11.0. The van der Waals surface area contributed by atoms with E-state index in [0.29, 0.717) is 12.2 Å². The van der Waals surface area contributed by atoms with Crippen LogP contribution in [0.1, 0.15) is 20.8 Å². The maximum atomic E-state index is 12.4. The van der Waals surface area contributed by atoms with Crippen molar-refractivity contribution in [2.24, 2.45) is 7.05 Å². The number of nitrogens with zero attached hydrogens (tertiary/aromatic N) is 4. The lowest BCUT2D eigenvalue weighted by Gasteiger charge is -2.09. The Morgan fingerprint density at radius 3 is 2.30 bits per heavy atom. The Hall–Kier alpha value is -2.38. The van der Waals surface area contributed by atoms with E-state index in [4.69, 9.17) is 0 Å². The van der Waals surface area contributed by atoms with Gasteiger partial charge in [-0.2, -0.15) is 5.10 Å². The molecule has 20 heavy (non-hydrogen) atoms. The molecule has 8 nitrogen and oxygen atoms in total. The van der Waals surface area contributed by atoms with E-state index < -0.39 is 5.56 Å². The Labute approximate surface area is 114 Å². The minimum absolute atomic E-state index is 0.185. The maximum Gasteiger partial charge on any atom is 0.332 e. The van der Waals surface area contributed by atoms with Crippen molar-refractivity contribution in [2.45, 2.75) is 33.9 Å². The molecular weight excluding hydrogens is 262 g/mol. The molecule has 108 valence electrons. The van der Waals surface area contributed by atoms with Gasteiger partial charge in [-0.1, -0.05) is 0 Å². The average Bonchev–Trinajstić information content (AvgIpc) is 2.67. The molecule has 0 saturated heterocycles. The Morgan fingerprint density at radius 1 is 1.20 bits per heavy atom. The average molecular weight is 279 g/mol. The minimum atomic E-state index is -0.436. The van der Waals surface area contributed by atoms with Crippen LogP contribution in [0, 0.1) is 0 Å². The van der Waals surface area contributed by atoms with Crippen LogP contribution in [0.3, 0.4) is 0 Å². The molecule has 2 aromatic heterocycles. The molecule has 0 aliphatic rings. The summed E-state index contributed by atoms with van der Waals surface area (Å²) in [5.74, 6) is -0.133. The second-order valence-electron chi connectivity index (χ2n) is 4.43. The van der Waals surface area contributed by atoms with Gasteiger partial charge in [-0.05, 0) is 13.8 Å². The predicted octanol–water partition coefficient (Wildman–Crippen LogP) is -0.105. The zero-order valence-corrected chi connectivity index (χ0v) is 11.9. The summed E-state index contributed by atoms with van der Waals surface area (Å²) in [6.07, 6.45) is 0. The molecule has 1 N–H and O–H groups in total. The van der Waals surface area contributed by atoms with Gasteiger partial charge in [-0.25, -0.2) is 9.48 Å². The lowest BCUT2D eigenvalue weighted by Crippen LogP contribution is -2.39. The third kappa shape index (κ3) is 1.93. The molecule has 0 unspecified atom stereocenters. The summed E-state index contributed by atoms with van der Waals surface area (Å²) < 4.78 is 4.05. The Bertz CT molecular complexity index is 796. The number of nitrogens with one attached hydrogen (secondary N) is 1. The van der Waals surface area contributed by atoms with E-state index in [0.717, 1.165) is 4.57 Å². The van der Waals surface area contributed by atoms with Gasteiger partial charge in [0.2, 0.25) is 5.91 Å². The smallest absolute Gasteiger partial charge is 0.309 e. The number of carbonyl (C=O) groups excluding carboxylic acids is 1. The van der Waals surface area contributed by atoms with Crippen LogP contribution in [0.4, 0.5) is 5.82 Å². The first-order chi connectivity index (χ1) is 9.42. The van der Waals surface area contributed by atoms with E-state index in [1.54, 1.807) is 14.0 Å². The van der Waals surface area contributed by atoms with E-state index in [-0.39, 0.29) is 29.3 Å². The highest BCUT2D eigenvalue weighted by molar-refractivity contribution is 5.97. The van der Waals surface area contributed by atoms with Crippen LogP contribution in [-0.2, 0) is 24.9 Å². The monoisotopic (exact) mass is 279 g/mol. The lowest BCUT2D eigenvalue weighted by molar-refractivity contribution is -0.114. The van der Waals surface area contributed by atoms with Crippen LogP contribution in [0.25, 0.3) is 11.0 Å². The van der Waals surface area contributed by atoms with Crippen molar-refractivity contribution < 1.29 is 4.79 Å². The highest BCUT2D eigenvalue weighted by atomic mass is 16.2. The van der Waals surface area contributed by atoms with Gasteiger partial charge in [0.15, 0.2) is 5.82 Å². The first-order valence-corrected chi connectivity index (χ1v) is 6.40. The van der Waals surface area contributed by atoms with E-state index in [2.05, 4.69) is 10.4 Å². The number of aryl methyl sites for hydroxylation is 2. The van der Waals surface area contributed by atoms with Crippen molar-refractivity contribution in [1.82, 2.24) is 18.9 Å². The zero-order valence-electron chi connectivity index (χ0n) is 11.9. The summed E-state index contributed by atoms with van der Waals surface area (Å²) in [4.78, 5) is 35.9. The number of carbonyl (C=O) groups is 1. The third-order valence-corrected chi connectivity index (χ3v) is 3.12. The first-order valence-electron chi connectivity index (χ1n) is 6.40. The fraction of sp³-hybridized carbons (Fsp3) is 0.500. The first kappa shape index (κ1) is 14.0. The van der Waals surface area contributed by atoms with Gasteiger partial charge in [0, 0.05) is 27.1 Å². The molecule has 0 aliphatic carbocycles. The summed E-state index contributed by atoms with van der Waals surface area (Å²) in [5, 5.41) is 6.92. The fourth-order valence-corrected chi connectivity index (χ4v) is 2.30. The Kier molecular flexibility index (Phi) is 3.47. The molecule has 0 spiro atoms. The van der Waals surface area contributed by atoms with Crippen LogP contribution >= 0.6 is 0 Å². The fourth-order valence-electron chi connectivity index (χ4n) is 2.30. The number of rotatable bonds is 3. The maximum absolute atomic E-state index is 12.4. The van der Waals surface area contributed by atoms with Gasteiger partial charge in [0.25, 0.3) is 5.56 Å². The number of aromatic nitrogens is 4. The highest BCUT2D eigenvalue weighted by Crippen LogP contribution is 2.17. The largest absolute Gasteiger partial charge is 0.332 e. The van der Waals surface area contributed by atoms with Gasteiger partial charge in [-0.15, -0.1) is 0 Å². The van der Waals surface area contributed by atoms with E-state index in [9.17, 15) is 14.4 Å². The molecule has 0 atom stereocenters. The molecule has 2 aromatic rings. The number of fused-ring (bicyclic) bond motifs is 1. The lowest BCUT2D eigenvalue weighted by atomic mass is 10.3. The second kappa shape index (κ2) is 4.95. The predicted molar refractivity (Wildman–Crippen MR) is 74.9 cm³/mol. The van der Waals surface area contributed by atoms with Crippen LogP contribution < -0.4 is 16.6 Å². The molecule has 0 radical (unpaired) electrons. The van der Waals surface area contributed by atoms with Crippen molar-refractivity contribution in [2.75, 3.05) is 5.32 Å².